The molecule has 5 rings (SSSR count). The van der Waals surface area contributed by atoms with Gasteiger partial charge in [0, 0.05) is 29.2 Å². The maximum absolute atomic E-state index is 13.6. The van der Waals surface area contributed by atoms with Gasteiger partial charge < -0.3 is 20.1 Å². The summed E-state index contributed by atoms with van der Waals surface area (Å²) in [6.45, 7) is 0.985. The molecule has 1 aliphatic heterocycles. The number of methoxy groups -OCH3 is 2. The Kier molecular flexibility index (Phi) is 7.19. The molecule has 2 aliphatic carbocycles. The average molecular weight is 536 g/mol. The first-order valence-corrected chi connectivity index (χ1v) is 13.1. The number of hydrogen-bond acceptors (Lipinski definition) is 4. The standard InChI is InChI=1S/C28H33F4N3O3/c1-37-23-9-6-17(14-24(23)38-2)27-11-10-19(16-25(27)35(13-12-27)20-4-3-5-20)34-26(36)33-18-7-8-22(29)21(15-18)28(30,31)32/h6-9,14-15,19-20,25H,3-5,10-13,16H2,1-2H3,(H2,33,34,36)/t19-,25+,27-/m0/s1. The van der Waals surface area contributed by atoms with Gasteiger partial charge >= 0.3 is 12.2 Å². The van der Waals surface area contributed by atoms with Crippen LogP contribution < -0.4 is 20.1 Å². The highest BCUT2D eigenvalue weighted by Crippen LogP contribution is 2.52. The quantitative estimate of drug-likeness (QED) is 0.439. The van der Waals surface area contributed by atoms with Crippen LogP contribution in [0.5, 0.6) is 11.5 Å². The summed E-state index contributed by atoms with van der Waals surface area (Å²) in [7, 11) is 3.24. The van der Waals surface area contributed by atoms with E-state index in [1.165, 1.54) is 24.8 Å². The summed E-state index contributed by atoms with van der Waals surface area (Å²) in [6.07, 6.45) is 2.05. The first kappa shape index (κ1) is 26.6. The Labute approximate surface area is 219 Å². The second-order valence-electron chi connectivity index (χ2n) is 10.6. The summed E-state index contributed by atoms with van der Waals surface area (Å²) in [4.78, 5) is 15.4. The summed E-state index contributed by atoms with van der Waals surface area (Å²) >= 11 is 0. The molecule has 0 radical (unpaired) electrons. The van der Waals surface area contributed by atoms with Crippen molar-refractivity contribution in [3.8, 4) is 11.5 Å². The van der Waals surface area contributed by atoms with Crippen LogP contribution in [0.4, 0.5) is 28.0 Å². The lowest BCUT2D eigenvalue weighted by Crippen LogP contribution is -2.55. The average Bonchev–Trinajstić information content (AvgIpc) is 3.22. The summed E-state index contributed by atoms with van der Waals surface area (Å²) in [5.74, 6) is -0.00327. The lowest BCUT2D eigenvalue weighted by atomic mass is 9.64. The number of urea groups is 1. The third-order valence-corrected chi connectivity index (χ3v) is 8.67. The third-order valence-electron chi connectivity index (χ3n) is 8.67. The third kappa shape index (κ3) is 4.90. The Morgan fingerprint density at radius 1 is 1.03 bits per heavy atom. The van der Waals surface area contributed by atoms with Crippen molar-refractivity contribution in [2.75, 3.05) is 26.1 Å². The molecule has 2 N–H and O–H groups in total. The lowest BCUT2D eigenvalue weighted by molar-refractivity contribution is -0.139. The summed E-state index contributed by atoms with van der Waals surface area (Å²) in [6, 6.07) is 8.61. The number of anilines is 1. The minimum atomic E-state index is -4.84. The summed E-state index contributed by atoms with van der Waals surface area (Å²) in [5, 5.41) is 5.41. The molecule has 0 unspecified atom stereocenters. The minimum Gasteiger partial charge on any atom is -0.493 e. The smallest absolute Gasteiger partial charge is 0.419 e. The highest BCUT2D eigenvalue weighted by molar-refractivity contribution is 5.89. The van der Waals surface area contributed by atoms with E-state index < -0.39 is 23.6 Å². The fourth-order valence-corrected chi connectivity index (χ4v) is 6.53. The molecule has 0 bridgehead atoms. The molecule has 2 saturated carbocycles. The van der Waals surface area contributed by atoms with Crippen LogP contribution in [0.2, 0.25) is 0 Å². The Bertz CT molecular complexity index is 1190. The number of nitrogens with one attached hydrogen (secondary N) is 2. The van der Waals surface area contributed by atoms with Gasteiger partial charge in [0.2, 0.25) is 0 Å². The molecule has 1 heterocycles. The molecular formula is C28H33F4N3O3. The molecule has 0 spiro atoms. The number of ether oxygens (including phenoxy) is 2. The number of likely N-dealkylation sites (tertiary alicyclic amines) is 1. The van der Waals surface area contributed by atoms with Crippen molar-refractivity contribution >= 4 is 11.7 Å². The molecule has 38 heavy (non-hydrogen) atoms. The van der Waals surface area contributed by atoms with Gasteiger partial charge in [-0.15, -0.1) is 0 Å². The van der Waals surface area contributed by atoms with E-state index in [1.807, 2.05) is 6.07 Å². The lowest BCUT2D eigenvalue weighted by Gasteiger charge is -2.48. The minimum absolute atomic E-state index is 0.0810. The Balaban J connectivity index is 1.33. The maximum Gasteiger partial charge on any atom is 0.419 e. The zero-order chi connectivity index (χ0) is 27.1. The van der Waals surface area contributed by atoms with Gasteiger partial charge in [-0.2, -0.15) is 13.2 Å². The van der Waals surface area contributed by atoms with Crippen LogP contribution in [0, 0.1) is 5.82 Å². The molecule has 3 aliphatic rings. The van der Waals surface area contributed by atoms with Crippen molar-refractivity contribution < 1.29 is 31.8 Å². The zero-order valence-corrected chi connectivity index (χ0v) is 21.5. The van der Waals surface area contributed by atoms with E-state index in [1.54, 1.807) is 14.2 Å². The van der Waals surface area contributed by atoms with Gasteiger partial charge in [-0.1, -0.05) is 12.5 Å². The monoisotopic (exact) mass is 535 g/mol. The topological polar surface area (TPSA) is 62.8 Å². The molecule has 206 valence electrons. The molecule has 10 heteroatoms. The molecule has 6 nitrogen and oxygen atoms in total. The van der Waals surface area contributed by atoms with Crippen LogP contribution in [0.1, 0.15) is 56.1 Å². The van der Waals surface area contributed by atoms with Gasteiger partial charge in [0.1, 0.15) is 5.82 Å². The second-order valence-corrected chi connectivity index (χ2v) is 10.6. The van der Waals surface area contributed by atoms with E-state index in [4.69, 9.17) is 9.47 Å². The van der Waals surface area contributed by atoms with E-state index in [2.05, 4.69) is 27.7 Å². The highest BCUT2D eigenvalue weighted by Gasteiger charge is 2.53. The van der Waals surface area contributed by atoms with Crippen LogP contribution in [0.25, 0.3) is 0 Å². The molecule has 2 aromatic carbocycles. The molecule has 0 aromatic heterocycles. The van der Waals surface area contributed by atoms with E-state index in [0.717, 1.165) is 38.3 Å². The van der Waals surface area contributed by atoms with Crippen LogP contribution in [-0.2, 0) is 11.6 Å². The molecule has 2 aromatic rings. The van der Waals surface area contributed by atoms with Crippen LogP contribution in [0.3, 0.4) is 0 Å². The van der Waals surface area contributed by atoms with Crippen molar-refractivity contribution in [1.82, 2.24) is 10.2 Å². The van der Waals surface area contributed by atoms with Gasteiger partial charge in [-0.25, -0.2) is 9.18 Å². The van der Waals surface area contributed by atoms with Gasteiger partial charge in [0.05, 0.1) is 19.8 Å². The molecule has 3 atom stereocenters. The van der Waals surface area contributed by atoms with Crippen molar-refractivity contribution in [2.24, 2.45) is 0 Å². The number of carbonyl (C=O) groups excluding carboxylic acids is 1. The molecular weight excluding hydrogens is 502 g/mol. The number of carbonyl (C=O) groups is 1. The number of alkyl halides is 3. The largest absolute Gasteiger partial charge is 0.493 e. The number of amides is 2. The number of nitrogens with zero attached hydrogens (tertiary/aromatic N) is 1. The SMILES string of the molecule is COc1ccc([C@@]23CC[C@H](NC(=O)Nc4ccc(F)c(C(F)(F)F)c4)C[C@H]2N(C2CCC2)CC3)cc1OC. The number of hydrogen-bond donors (Lipinski definition) is 2. The Morgan fingerprint density at radius 3 is 2.45 bits per heavy atom. The zero-order valence-electron chi connectivity index (χ0n) is 21.5. The second kappa shape index (κ2) is 10.3. The fourth-order valence-electron chi connectivity index (χ4n) is 6.53. The van der Waals surface area contributed by atoms with Crippen LogP contribution >= 0.6 is 0 Å². The molecule has 1 saturated heterocycles. The first-order valence-electron chi connectivity index (χ1n) is 13.1. The van der Waals surface area contributed by atoms with Crippen LogP contribution in [-0.4, -0.2) is 49.8 Å². The van der Waals surface area contributed by atoms with E-state index >= 15 is 0 Å². The molecule has 2 amide bonds. The van der Waals surface area contributed by atoms with Crippen molar-refractivity contribution in [3.63, 3.8) is 0 Å². The first-order chi connectivity index (χ1) is 18.1. The Hall–Kier alpha value is -3.01. The van der Waals surface area contributed by atoms with Gasteiger partial charge in [-0.05, 0) is 81.0 Å². The van der Waals surface area contributed by atoms with Crippen molar-refractivity contribution in [1.29, 1.82) is 0 Å². The van der Waals surface area contributed by atoms with E-state index in [-0.39, 0.29) is 23.2 Å². The number of fused-ring (bicyclic) bond motifs is 1. The maximum atomic E-state index is 13.6. The normalized spacial score (nSPS) is 25.8. The Morgan fingerprint density at radius 2 is 1.79 bits per heavy atom. The number of rotatable bonds is 6. The van der Waals surface area contributed by atoms with Crippen molar-refractivity contribution in [3.05, 3.63) is 53.3 Å². The predicted molar refractivity (Wildman–Crippen MR) is 135 cm³/mol. The number of benzene rings is 2. The predicted octanol–water partition coefficient (Wildman–Crippen LogP) is 6.10. The summed E-state index contributed by atoms with van der Waals surface area (Å²) < 4.78 is 63.9. The number of halogens is 4. The highest BCUT2D eigenvalue weighted by atomic mass is 19.4. The van der Waals surface area contributed by atoms with Gasteiger partial charge in [0.25, 0.3) is 0 Å². The van der Waals surface area contributed by atoms with Gasteiger partial charge in [0.15, 0.2) is 11.5 Å². The molecule has 3 fully saturated rings. The van der Waals surface area contributed by atoms with Gasteiger partial charge in [-0.3, -0.25) is 4.90 Å². The van der Waals surface area contributed by atoms with Crippen molar-refractivity contribution in [2.45, 2.75) is 74.7 Å². The summed E-state index contributed by atoms with van der Waals surface area (Å²) in [5.41, 5.74) is -0.392. The van der Waals surface area contributed by atoms with Crippen LogP contribution in [0.15, 0.2) is 36.4 Å². The fraction of sp³-hybridized carbons (Fsp3) is 0.536. The van der Waals surface area contributed by atoms with E-state index in [0.29, 0.717) is 29.7 Å². The van der Waals surface area contributed by atoms with E-state index in [9.17, 15) is 22.4 Å².